The molecule has 2 aromatic rings. The molecule has 0 aliphatic carbocycles. The van der Waals surface area contributed by atoms with Crippen molar-refractivity contribution in [2.75, 3.05) is 13.1 Å². The molecule has 0 spiro atoms. The number of aliphatic hydroxyl groups excluding tert-OH is 1. The van der Waals surface area contributed by atoms with Crippen LogP contribution in [0.25, 0.3) is 10.9 Å². The molecular formula is C20H24N2O3. The Balaban J connectivity index is 1.90. The molecule has 3 aliphatic heterocycles. The Hall–Kier alpha value is -1.85. The summed E-state index contributed by atoms with van der Waals surface area (Å²) in [5, 5.41) is 22.5. The number of nitrogens with zero attached hydrogens (tertiary/aromatic N) is 2. The van der Waals surface area contributed by atoms with Gasteiger partial charge < -0.3 is 14.8 Å². The Morgan fingerprint density at radius 1 is 1.32 bits per heavy atom. The quantitative estimate of drug-likeness (QED) is 0.882. The lowest BCUT2D eigenvalue weighted by Gasteiger charge is -2.58. The van der Waals surface area contributed by atoms with Crippen LogP contribution in [-0.2, 0) is 11.2 Å². The van der Waals surface area contributed by atoms with E-state index in [0.717, 1.165) is 55.4 Å². The maximum atomic E-state index is 12.2. The van der Waals surface area contributed by atoms with Gasteiger partial charge in [0.05, 0.1) is 12.1 Å². The number of aliphatic hydroxyl groups is 1. The molecule has 2 unspecified atom stereocenters. The number of carboxylic acids is 1. The highest BCUT2D eigenvalue weighted by atomic mass is 16.4. The van der Waals surface area contributed by atoms with Crippen LogP contribution in [0.5, 0.6) is 0 Å². The molecule has 5 heteroatoms. The molecule has 1 aromatic carbocycles. The van der Waals surface area contributed by atoms with Crippen LogP contribution in [0.15, 0.2) is 24.3 Å². The van der Waals surface area contributed by atoms with Crippen molar-refractivity contribution in [2.24, 2.45) is 5.41 Å². The van der Waals surface area contributed by atoms with Crippen molar-refractivity contribution in [1.29, 1.82) is 0 Å². The van der Waals surface area contributed by atoms with E-state index in [2.05, 4.69) is 17.9 Å². The number of fused-ring (bicyclic) bond motifs is 3. The van der Waals surface area contributed by atoms with Crippen molar-refractivity contribution in [1.82, 2.24) is 9.47 Å². The molecule has 4 heterocycles. The maximum Gasteiger partial charge on any atom is 0.329 e. The van der Waals surface area contributed by atoms with Gasteiger partial charge in [-0.3, -0.25) is 4.90 Å². The zero-order valence-electron chi connectivity index (χ0n) is 14.5. The molecule has 2 N–H and O–H groups in total. The van der Waals surface area contributed by atoms with Gasteiger partial charge in [-0.05, 0) is 43.9 Å². The predicted octanol–water partition coefficient (Wildman–Crippen LogP) is 2.73. The zero-order chi connectivity index (χ0) is 17.3. The number of aromatic nitrogens is 1. The summed E-state index contributed by atoms with van der Waals surface area (Å²) in [6.07, 6.45) is 2.83. The van der Waals surface area contributed by atoms with E-state index < -0.39 is 18.1 Å². The Kier molecular flexibility index (Phi) is 3.13. The van der Waals surface area contributed by atoms with Crippen molar-refractivity contribution >= 4 is 16.9 Å². The standard InChI is InChI=1S/C20H24N2O3/c1-2-20-9-5-10-21-11-8-13-12-6-3-4-7-14(12)22(15(13)17(20)21)16(18(20)23)19(24)25/h3-4,6-7,16-18,23H,2,5,8-11H2,1H3,(H,24,25)/t16?,17-,18?,20-/m1/s1. The van der Waals surface area contributed by atoms with E-state index >= 15 is 0 Å². The van der Waals surface area contributed by atoms with Gasteiger partial charge >= 0.3 is 5.97 Å². The number of piperidine rings is 1. The SMILES string of the molecule is CC[C@]12CCCN3CCc4c(n(c5ccccc45)C(C(=O)O)C1O)[C@@H]32. The molecule has 1 aromatic heterocycles. The molecule has 3 aliphatic rings. The molecule has 0 amide bonds. The van der Waals surface area contributed by atoms with Gasteiger partial charge in [-0.25, -0.2) is 4.79 Å². The first-order valence-corrected chi connectivity index (χ1v) is 9.37. The van der Waals surface area contributed by atoms with Gasteiger partial charge in [0.25, 0.3) is 0 Å². The van der Waals surface area contributed by atoms with E-state index in [1.54, 1.807) is 0 Å². The highest BCUT2D eigenvalue weighted by Gasteiger charge is 2.59. The van der Waals surface area contributed by atoms with E-state index in [0.29, 0.717) is 0 Å². The van der Waals surface area contributed by atoms with Crippen molar-refractivity contribution in [2.45, 2.75) is 50.8 Å². The molecular weight excluding hydrogens is 316 g/mol. The minimum absolute atomic E-state index is 0.132. The molecule has 1 saturated heterocycles. The van der Waals surface area contributed by atoms with Gasteiger partial charge in [0.2, 0.25) is 0 Å². The van der Waals surface area contributed by atoms with Crippen LogP contribution in [0.3, 0.4) is 0 Å². The second-order valence-corrected chi connectivity index (χ2v) is 7.86. The Morgan fingerprint density at radius 3 is 2.88 bits per heavy atom. The third-order valence-electron chi connectivity index (χ3n) is 7.04. The average Bonchev–Trinajstić information content (AvgIpc) is 2.96. The summed E-state index contributed by atoms with van der Waals surface area (Å²) in [5.74, 6) is -0.926. The fourth-order valence-electron chi connectivity index (χ4n) is 5.98. The van der Waals surface area contributed by atoms with Crippen LogP contribution in [0.1, 0.15) is 49.5 Å². The molecule has 0 bridgehead atoms. The second-order valence-electron chi connectivity index (χ2n) is 7.86. The van der Waals surface area contributed by atoms with Crippen LogP contribution < -0.4 is 0 Å². The van der Waals surface area contributed by atoms with Crippen LogP contribution in [0, 0.1) is 5.41 Å². The Morgan fingerprint density at radius 2 is 2.12 bits per heavy atom. The summed E-state index contributed by atoms with van der Waals surface area (Å²) in [6, 6.07) is 7.33. The minimum atomic E-state index is -0.926. The highest BCUT2D eigenvalue weighted by molar-refractivity contribution is 5.89. The summed E-state index contributed by atoms with van der Waals surface area (Å²) in [7, 11) is 0. The summed E-state index contributed by atoms with van der Waals surface area (Å²) in [5.41, 5.74) is 3.05. The van der Waals surface area contributed by atoms with Crippen LogP contribution in [0.4, 0.5) is 0 Å². The van der Waals surface area contributed by atoms with Gasteiger partial charge in [0.15, 0.2) is 6.04 Å². The van der Waals surface area contributed by atoms with Crippen molar-refractivity contribution in [3.8, 4) is 0 Å². The van der Waals surface area contributed by atoms with Crippen molar-refractivity contribution in [3.05, 3.63) is 35.5 Å². The average molecular weight is 340 g/mol. The van der Waals surface area contributed by atoms with E-state index in [1.165, 1.54) is 5.56 Å². The summed E-state index contributed by atoms with van der Waals surface area (Å²) < 4.78 is 1.95. The number of hydrogen-bond acceptors (Lipinski definition) is 3. The minimum Gasteiger partial charge on any atom is -0.480 e. The lowest BCUT2D eigenvalue weighted by molar-refractivity contribution is -0.162. The number of carbonyl (C=O) groups is 1. The monoisotopic (exact) mass is 340 g/mol. The summed E-state index contributed by atoms with van der Waals surface area (Å²) in [4.78, 5) is 14.7. The maximum absolute atomic E-state index is 12.2. The molecule has 25 heavy (non-hydrogen) atoms. The van der Waals surface area contributed by atoms with Gasteiger partial charge in [-0.15, -0.1) is 0 Å². The lowest BCUT2D eigenvalue weighted by Crippen LogP contribution is -2.60. The Labute approximate surface area is 146 Å². The highest BCUT2D eigenvalue weighted by Crippen LogP contribution is 2.59. The van der Waals surface area contributed by atoms with Crippen LogP contribution in [-0.4, -0.2) is 44.8 Å². The molecule has 0 saturated carbocycles. The van der Waals surface area contributed by atoms with E-state index in [-0.39, 0.29) is 11.5 Å². The number of aliphatic carboxylic acids is 1. The number of para-hydroxylation sites is 1. The number of benzene rings is 1. The molecule has 5 rings (SSSR count). The van der Waals surface area contributed by atoms with Gasteiger partial charge in [-0.1, -0.05) is 25.1 Å². The fourth-order valence-corrected chi connectivity index (χ4v) is 5.98. The number of rotatable bonds is 2. The molecule has 4 atom stereocenters. The number of hydrogen-bond donors (Lipinski definition) is 2. The first-order valence-electron chi connectivity index (χ1n) is 9.37. The molecule has 0 radical (unpaired) electrons. The first kappa shape index (κ1) is 15.4. The predicted molar refractivity (Wildman–Crippen MR) is 94.6 cm³/mol. The van der Waals surface area contributed by atoms with Gasteiger partial charge in [0.1, 0.15) is 0 Å². The molecule has 1 fully saturated rings. The van der Waals surface area contributed by atoms with Crippen LogP contribution in [0.2, 0.25) is 0 Å². The summed E-state index contributed by atoms with van der Waals surface area (Å²) >= 11 is 0. The van der Waals surface area contributed by atoms with Crippen molar-refractivity contribution < 1.29 is 15.0 Å². The third kappa shape index (κ3) is 1.73. The third-order valence-corrected chi connectivity index (χ3v) is 7.04. The molecule has 132 valence electrons. The van der Waals surface area contributed by atoms with Gasteiger partial charge in [-0.2, -0.15) is 0 Å². The number of carboxylic acid groups (broad SMARTS) is 1. The summed E-state index contributed by atoms with van der Waals surface area (Å²) in [6.45, 7) is 4.15. The molecule has 5 nitrogen and oxygen atoms in total. The Bertz CT molecular complexity index is 873. The van der Waals surface area contributed by atoms with Crippen molar-refractivity contribution in [3.63, 3.8) is 0 Å². The smallest absolute Gasteiger partial charge is 0.329 e. The van der Waals surface area contributed by atoms with E-state index in [1.807, 2.05) is 22.8 Å². The lowest BCUT2D eigenvalue weighted by atomic mass is 9.61. The van der Waals surface area contributed by atoms with Crippen LogP contribution >= 0.6 is 0 Å². The fraction of sp³-hybridized carbons (Fsp3) is 0.550. The largest absolute Gasteiger partial charge is 0.480 e. The normalized spacial score (nSPS) is 34.1. The van der Waals surface area contributed by atoms with E-state index in [9.17, 15) is 15.0 Å². The topological polar surface area (TPSA) is 65.7 Å². The zero-order valence-corrected chi connectivity index (χ0v) is 14.5. The second kappa shape index (κ2) is 5.08. The van der Waals surface area contributed by atoms with Gasteiger partial charge in [0, 0.05) is 28.6 Å². The first-order chi connectivity index (χ1) is 12.1. The van der Waals surface area contributed by atoms with E-state index in [4.69, 9.17) is 0 Å².